The van der Waals surface area contributed by atoms with Gasteiger partial charge in [0.1, 0.15) is 7.41 Å². The van der Waals surface area contributed by atoms with Crippen LogP contribution in [0.4, 0.5) is 5.69 Å². The Morgan fingerprint density at radius 1 is 1.39 bits per heavy atom. The predicted molar refractivity (Wildman–Crippen MR) is 69.7 cm³/mol. The molecule has 0 saturated carbocycles. The number of para-hydroxylation sites is 2. The standard InChI is InChI=1S/C13H18N2O3/c1-10(14(2)3)13(17)18-12-8-6-5-7-11(12)15(4)9-16/h5-10H,1-4H3/t10-/m0/s1/i9D. The molecule has 0 aliphatic carbocycles. The van der Waals surface area contributed by atoms with E-state index < -0.39 is 18.4 Å². The van der Waals surface area contributed by atoms with Gasteiger partial charge in [-0.25, -0.2) is 4.79 Å². The van der Waals surface area contributed by atoms with Crippen molar-refractivity contribution in [2.75, 3.05) is 26.0 Å². The van der Waals surface area contributed by atoms with Crippen LogP contribution in [0.25, 0.3) is 0 Å². The summed E-state index contributed by atoms with van der Waals surface area (Å²) in [5, 5.41) is 0. The number of likely N-dealkylation sites (N-methyl/N-ethyl adjacent to an activating group) is 1. The lowest BCUT2D eigenvalue weighted by atomic mass is 10.2. The molecule has 0 fully saturated rings. The summed E-state index contributed by atoms with van der Waals surface area (Å²) in [7, 11) is 5.01. The van der Waals surface area contributed by atoms with Gasteiger partial charge in [-0.05, 0) is 33.2 Å². The summed E-state index contributed by atoms with van der Waals surface area (Å²) in [5.74, 6) is -0.146. The lowest BCUT2D eigenvalue weighted by molar-refractivity contribution is -0.138. The van der Waals surface area contributed by atoms with Crippen molar-refractivity contribution in [3.05, 3.63) is 24.3 Å². The molecular weight excluding hydrogens is 232 g/mol. The third-order valence-electron chi connectivity index (χ3n) is 2.69. The molecule has 1 amide bonds. The second-order valence-corrected chi connectivity index (χ2v) is 4.18. The van der Waals surface area contributed by atoms with Crippen LogP contribution < -0.4 is 9.64 Å². The number of rotatable bonds is 4. The van der Waals surface area contributed by atoms with E-state index in [9.17, 15) is 9.59 Å². The number of hydrogen-bond acceptors (Lipinski definition) is 4. The zero-order valence-electron chi connectivity index (χ0n) is 12.0. The SMILES string of the molecule is [2H]C(=O)N(C)c1ccccc1OC(=O)[C@H](C)N(C)C. The highest BCUT2D eigenvalue weighted by Crippen LogP contribution is 2.26. The van der Waals surface area contributed by atoms with Gasteiger partial charge in [0.25, 0.3) is 0 Å². The zero-order valence-corrected chi connectivity index (χ0v) is 11.0. The largest absolute Gasteiger partial charge is 0.423 e. The summed E-state index contributed by atoms with van der Waals surface area (Å²) < 4.78 is 12.4. The maximum Gasteiger partial charge on any atom is 0.328 e. The highest BCUT2D eigenvalue weighted by atomic mass is 16.5. The third-order valence-corrected chi connectivity index (χ3v) is 2.69. The molecule has 0 bridgehead atoms. The van der Waals surface area contributed by atoms with Crippen LogP contribution >= 0.6 is 0 Å². The van der Waals surface area contributed by atoms with Gasteiger partial charge in [0, 0.05) is 7.05 Å². The number of benzene rings is 1. The normalized spacial score (nSPS) is 12.8. The van der Waals surface area contributed by atoms with E-state index in [1.54, 1.807) is 50.2 Å². The number of hydrogen-bond donors (Lipinski definition) is 0. The van der Waals surface area contributed by atoms with Crippen LogP contribution in [0.3, 0.4) is 0 Å². The average molecular weight is 251 g/mol. The van der Waals surface area contributed by atoms with Gasteiger partial charge < -0.3 is 9.64 Å². The molecule has 5 nitrogen and oxygen atoms in total. The van der Waals surface area contributed by atoms with Gasteiger partial charge in [-0.15, -0.1) is 0 Å². The first kappa shape index (κ1) is 12.6. The molecule has 98 valence electrons. The molecule has 0 aliphatic rings. The van der Waals surface area contributed by atoms with E-state index in [4.69, 9.17) is 6.11 Å². The monoisotopic (exact) mass is 251 g/mol. The minimum Gasteiger partial charge on any atom is -0.423 e. The van der Waals surface area contributed by atoms with Gasteiger partial charge >= 0.3 is 5.97 Å². The number of amides is 1. The van der Waals surface area contributed by atoms with Crippen LogP contribution in [0.15, 0.2) is 24.3 Å². The van der Waals surface area contributed by atoms with Crippen molar-refractivity contribution < 1.29 is 15.7 Å². The Bertz CT molecular complexity index is 477. The number of carbonyl (C=O) groups excluding carboxylic acids is 2. The molecule has 0 saturated heterocycles. The Balaban J connectivity index is 2.96. The molecule has 5 heteroatoms. The van der Waals surface area contributed by atoms with Crippen molar-refractivity contribution in [2.45, 2.75) is 13.0 Å². The first-order valence-corrected chi connectivity index (χ1v) is 5.56. The van der Waals surface area contributed by atoms with E-state index in [1.165, 1.54) is 7.05 Å². The minimum atomic E-state index is -0.871. The van der Waals surface area contributed by atoms with E-state index in [0.717, 1.165) is 4.90 Å². The molecule has 1 aromatic carbocycles. The molecule has 0 heterocycles. The maximum absolute atomic E-state index is 11.9. The van der Waals surface area contributed by atoms with Crippen LogP contribution in [-0.2, 0) is 9.59 Å². The average Bonchev–Trinajstić information content (AvgIpc) is 2.37. The molecule has 0 aliphatic heterocycles. The number of nitrogens with zero attached hydrogens (tertiary/aromatic N) is 2. The fourth-order valence-electron chi connectivity index (χ4n) is 1.27. The highest BCUT2D eigenvalue weighted by Gasteiger charge is 2.19. The van der Waals surface area contributed by atoms with Crippen molar-refractivity contribution in [3.8, 4) is 5.75 Å². The highest BCUT2D eigenvalue weighted by molar-refractivity contribution is 5.83. The van der Waals surface area contributed by atoms with Crippen LogP contribution in [0.2, 0.25) is 0 Å². The first-order valence-electron chi connectivity index (χ1n) is 6.06. The summed E-state index contributed by atoms with van der Waals surface area (Å²) in [6.45, 7) is 1.73. The van der Waals surface area contributed by atoms with Crippen molar-refractivity contribution in [1.29, 1.82) is 0 Å². The third kappa shape index (κ3) is 3.30. The van der Waals surface area contributed by atoms with Gasteiger partial charge in [-0.2, -0.15) is 0 Å². The molecule has 0 N–H and O–H groups in total. The smallest absolute Gasteiger partial charge is 0.328 e. The van der Waals surface area contributed by atoms with Crippen LogP contribution in [0.5, 0.6) is 5.75 Å². The predicted octanol–water partition coefficient (Wildman–Crippen LogP) is 1.13. The van der Waals surface area contributed by atoms with Gasteiger partial charge in [-0.1, -0.05) is 12.1 Å². The van der Waals surface area contributed by atoms with E-state index >= 15 is 0 Å². The summed E-state index contributed by atoms with van der Waals surface area (Å²) >= 11 is 0. The van der Waals surface area contributed by atoms with E-state index in [-0.39, 0.29) is 5.75 Å². The lowest BCUT2D eigenvalue weighted by Gasteiger charge is -2.20. The molecule has 1 rings (SSSR count). The van der Waals surface area contributed by atoms with Crippen LogP contribution in [-0.4, -0.2) is 44.4 Å². The molecule has 0 aromatic heterocycles. The zero-order chi connectivity index (χ0) is 14.6. The number of esters is 1. The molecule has 1 atom stereocenters. The Hall–Kier alpha value is -1.88. The second kappa shape index (κ2) is 6.16. The van der Waals surface area contributed by atoms with Crippen molar-refractivity contribution in [1.82, 2.24) is 4.90 Å². The summed E-state index contributed by atoms with van der Waals surface area (Å²) in [5.41, 5.74) is 0.391. The lowest BCUT2D eigenvalue weighted by Crippen LogP contribution is -2.36. The van der Waals surface area contributed by atoms with Crippen molar-refractivity contribution in [2.24, 2.45) is 0 Å². The van der Waals surface area contributed by atoms with Gasteiger partial charge in [0.15, 0.2) is 5.75 Å². The molecule has 18 heavy (non-hydrogen) atoms. The first-order chi connectivity index (χ1) is 8.84. The van der Waals surface area contributed by atoms with E-state index in [1.807, 2.05) is 0 Å². The van der Waals surface area contributed by atoms with Crippen LogP contribution in [0, 0.1) is 0 Å². The summed E-state index contributed by atoms with van der Waals surface area (Å²) in [6.07, 6.45) is -0.871. The number of anilines is 1. The Morgan fingerprint density at radius 3 is 2.56 bits per heavy atom. The molecule has 1 aromatic rings. The molecule has 0 spiro atoms. The van der Waals surface area contributed by atoms with E-state index in [2.05, 4.69) is 0 Å². The van der Waals surface area contributed by atoms with Gasteiger partial charge in [0.2, 0.25) is 6.39 Å². The second-order valence-electron chi connectivity index (χ2n) is 4.18. The fraction of sp³-hybridized carbons (Fsp3) is 0.385. The Morgan fingerprint density at radius 2 is 2.00 bits per heavy atom. The molecular formula is C13H18N2O3. The maximum atomic E-state index is 11.9. The fourth-order valence-corrected chi connectivity index (χ4v) is 1.27. The molecule has 0 unspecified atom stereocenters. The van der Waals surface area contributed by atoms with Crippen molar-refractivity contribution in [3.63, 3.8) is 0 Å². The topological polar surface area (TPSA) is 49.9 Å². The Labute approximate surface area is 108 Å². The number of ether oxygens (including phenoxy) is 1. The van der Waals surface area contributed by atoms with Gasteiger partial charge in [-0.3, -0.25) is 9.69 Å². The quantitative estimate of drug-likeness (QED) is 0.457. The summed E-state index contributed by atoms with van der Waals surface area (Å²) in [6, 6.07) is 6.23. The van der Waals surface area contributed by atoms with Gasteiger partial charge in [0.05, 0.1) is 5.69 Å². The summed E-state index contributed by atoms with van der Waals surface area (Å²) in [4.78, 5) is 25.8. The molecule has 0 radical (unpaired) electrons. The van der Waals surface area contributed by atoms with E-state index in [0.29, 0.717) is 5.69 Å². The van der Waals surface area contributed by atoms with Crippen LogP contribution in [0.1, 0.15) is 8.29 Å². The van der Waals surface area contributed by atoms with Crippen molar-refractivity contribution >= 4 is 18.0 Å². The minimum absolute atomic E-state index is 0.268. The number of carbonyl (C=O) groups is 2. The Kier molecular flexibility index (Phi) is 4.30.